The van der Waals surface area contributed by atoms with Crippen molar-refractivity contribution < 1.29 is 13.2 Å². The zero-order chi connectivity index (χ0) is 15.3. The van der Waals surface area contributed by atoms with Crippen molar-refractivity contribution >= 4 is 15.5 Å². The van der Waals surface area contributed by atoms with Gasteiger partial charge in [0.25, 0.3) is 0 Å². The molecule has 1 aromatic heterocycles. The van der Waals surface area contributed by atoms with Crippen LogP contribution in [0.2, 0.25) is 0 Å². The van der Waals surface area contributed by atoms with Gasteiger partial charge in [-0.25, -0.2) is 8.42 Å². The summed E-state index contributed by atoms with van der Waals surface area (Å²) in [4.78, 5) is 4.07. The van der Waals surface area contributed by atoms with Gasteiger partial charge in [-0.05, 0) is 42.7 Å². The second-order valence-electron chi connectivity index (χ2n) is 4.75. The van der Waals surface area contributed by atoms with Crippen LogP contribution in [0.1, 0.15) is 12.0 Å². The molecule has 0 saturated carbocycles. The van der Waals surface area contributed by atoms with Crippen LogP contribution in [-0.4, -0.2) is 26.3 Å². The largest absolute Gasteiger partial charge is 0.491 e. The highest BCUT2D eigenvalue weighted by Crippen LogP contribution is 2.28. The van der Waals surface area contributed by atoms with E-state index in [9.17, 15) is 8.42 Å². The fourth-order valence-corrected chi connectivity index (χ4v) is 2.81. The molecule has 0 saturated heterocycles. The lowest BCUT2D eigenvalue weighted by Gasteiger charge is -2.11. The first-order valence-corrected chi connectivity index (χ1v) is 8.48. The lowest BCUT2D eigenvalue weighted by molar-refractivity contribution is 0.312. The molecule has 0 bridgehead atoms. The SMILES string of the molecule is CS(=O)(=O)c1cccc(OCCCc2ccncc2)c1N. The van der Waals surface area contributed by atoms with E-state index in [0.717, 1.165) is 19.1 Å². The van der Waals surface area contributed by atoms with E-state index in [4.69, 9.17) is 10.5 Å². The molecular formula is C15H18N2O3S. The van der Waals surface area contributed by atoms with E-state index in [1.54, 1.807) is 24.5 Å². The van der Waals surface area contributed by atoms with Gasteiger partial charge in [0.15, 0.2) is 9.84 Å². The minimum Gasteiger partial charge on any atom is -0.491 e. The van der Waals surface area contributed by atoms with E-state index < -0.39 is 9.84 Å². The molecule has 0 radical (unpaired) electrons. The number of rotatable bonds is 6. The molecule has 21 heavy (non-hydrogen) atoms. The Morgan fingerprint density at radius 2 is 1.90 bits per heavy atom. The number of aryl methyl sites for hydroxylation is 1. The van der Waals surface area contributed by atoms with Crippen LogP contribution >= 0.6 is 0 Å². The highest BCUT2D eigenvalue weighted by Gasteiger charge is 2.14. The zero-order valence-corrected chi connectivity index (χ0v) is 12.6. The first-order valence-electron chi connectivity index (χ1n) is 6.59. The predicted molar refractivity (Wildman–Crippen MR) is 82.0 cm³/mol. The number of aromatic nitrogens is 1. The van der Waals surface area contributed by atoms with Crippen LogP contribution in [0.15, 0.2) is 47.6 Å². The predicted octanol–water partition coefficient (Wildman–Crippen LogP) is 2.08. The number of para-hydroxylation sites is 1. The lowest BCUT2D eigenvalue weighted by Crippen LogP contribution is -2.06. The summed E-state index contributed by atoms with van der Waals surface area (Å²) in [6.07, 6.45) is 6.32. The monoisotopic (exact) mass is 306 g/mol. The Hall–Kier alpha value is -2.08. The zero-order valence-electron chi connectivity index (χ0n) is 11.8. The number of nitrogen functional groups attached to an aromatic ring is 1. The van der Waals surface area contributed by atoms with Gasteiger partial charge >= 0.3 is 0 Å². The number of anilines is 1. The van der Waals surface area contributed by atoms with E-state index in [2.05, 4.69) is 4.98 Å². The maximum Gasteiger partial charge on any atom is 0.177 e. The highest BCUT2D eigenvalue weighted by atomic mass is 32.2. The smallest absolute Gasteiger partial charge is 0.177 e. The molecule has 6 heteroatoms. The summed E-state index contributed by atoms with van der Waals surface area (Å²) in [6.45, 7) is 0.472. The summed E-state index contributed by atoms with van der Waals surface area (Å²) in [6, 6.07) is 8.70. The van der Waals surface area contributed by atoms with E-state index in [-0.39, 0.29) is 10.6 Å². The summed E-state index contributed by atoms with van der Waals surface area (Å²) in [7, 11) is -3.34. The topological polar surface area (TPSA) is 82.3 Å². The van der Waals surface area contributed by atoms with Crippen molar-refractivity contribution in [3.63, 3.8) is 0 Å². The molecule has 0 aliphatic heterocycles. The number of nitrogens with zero attached hydrogens (tertiary/aromatic N) is 1. The fraction of sp³-hybridized carbons (Fsp3) is 0.267. The van der Waals surface area contributed by atoms with Crippen molar-refractivity contribution in [2.45, 2.75) is 17.7 Å². The summed E-state index contributed by atoms with van der Waals surface area (Å²) in [5.74, 6) is 0.410. The Bertz CT molecular complexity index is 700. The van der Waals surface area contributed by atoms with Gasteiger partial charge in [-0.1, -0.05) is 6.07 Å². The third kappa shape index (κ3) is 4.19. The van der Waals surface area contributed by atoms with Crippen LogP contribution < -0.4 is 10.5 Å². The minimum atomic E-state index is -3.34. The number of hydrogen-bond donors (Lipinski definition) is 1. The maximum absolute atomic E-state index is 11.6. The standard InChI is InChI=1S/C15H18N2O3S/c1-21(18,19)14-6-2-5-13(15(14)16)20-11-3-4-12-7-9-17-10-8-12/h2,5-10H,3-4,11,16H2,1H3. The molecule has 2 rings (SSSR count). The Morgan fingerprint density at radius 1 is 1.19 bits per heavy atom. The van der Waals surface area contributed by atoms with Crippen molar-refractivity contribution in [2.24, 2.45) is 0 Å². The minimum absolute atomic E-state index is 0.106. The molecule has 5 nitrogen and oxygen atoms in total. The third-order valence-corrected chi connectivity index (χ3v) is 4.20. The van der Waals surface area contributed by atoms with Gasteiger partial charge in [-0.2, -0.15) is 0 Å². The van der Waals surface area contributed by atoms with E-state index >= 15 is 0 Å². The first-order chi connectivity index (χ1) is 9.98. The highest BCUT2D eigenvalue weighted by molar-refractivity contribution is 7.90. The molecule has 0 spiro atoms. The Balaban J connectivity index is 1.95. The van der Waals surface area contributed by atoms with Gasteiger partial charge in [0.2, 0.25) is 0 Å². The summed E-state index contributed by atoms with van der Waals surface area (Å²) >= 11 is 0. The molecule has 0 unspecified atom stereocenters. The van der Waals surface area contributed by atoms with Crippen molar-refractivity contribution in [1.82, 2.24) is 4.98 Å². The lowest BCUT2D eigenvalue weighted by atomic mass is 10.1. The number of pyridine rings is 1. The molecule has 1 aromatic carbocycles. The van der Waals surface area contributed by atoms with Crippen LogP contribution in [0.4, 0.5) is 5.69 Å². The van der Waals surface area contributed by atoms with Gasteiger partial charge in [0.1, 0.15) is 5.75 Å². The quantitative estimate of drug-likeness (QED) is 0.652. The molecule has 2 N–H and O–H groups in total. The van der Waals surface area contributed by atoms with E-state index in [0.29, 0.717) is 12.4 Å². The van der Waals surface area contributed by atoms with Crippen LogP contribution in [0.3, 0.4) is 0 Å². The Kier molecular flexibility index (Phi) is 4.80. The van der Waals surface area contributed by atoms with Gasteiger partial charge < -0.3 is 10.5 Å². The number of hydrogen-bond acceptors (Lipinski definition) is 5. The Labute approximate surface area is 124 Å². The van der Waals surface area contributed by atoms with Gasteiger partial charge in [-0.3, -0.25) is 4.98 Å². The fourth-order valence-electron chi connectivity index (χ4n) is 1.98. The van der Waals surface area contributed by atoms with Gasteiger partial charge in [0.05, 0.1) is 17.2 Å². The van der Waals surface area contributed by atoms with Crippen molar-refractivity contribution in [2.75, 3.05) is 18.6 Å². The molecule has 112 valence electrons. The molecule has 0 atom stereocenters. The van der Waals surface area contributed by atoms with Crippen molar-refractivity contribution in [3.05, 3.63) is 48.3 Å². The summed E-state index contributed by atoms with van der Waals surface area (Å²) in [5.41, 5.74) is 7.21. The molecule has 1 heterocycles. The second-order valence-corrected chi connectivity index (χ2v) is 6.73. The van der Waals surface area contributed by atoms with Crippen LogP contribution in [0, 0.1) is 0 Å². The average molecular weight is 306 g/mol. The summed E-state index contributed by atoms with van der Waals surface area (Å²) in [5, 5.41) is 0. The molecule has 0 amide bonds. The number of nitrogens with two attached hydrogens (primary N) is 1. The third-order valence-electron chi connectivity index (χ3n) is 3.04. The number of ether oxygens (including phenoxy) is 1. The first kappa shape index (κ1) is 15.3. The summed E-state index contributed by atoms with van der Waals surface area (Å²) < 4.78 is 28.7. The van der Waals surface area contributed by atoms with E-state index in [1.165, 1.54) is 11.6 Å². The molecule has 2 aromatic rings. The molecule has 0 fully saturated rings. The van der Waals surface area contributed by atoms with Crippen LogP contribution in [0.5, 0.6) is 5.75 Å². The molecule has 0 aliphatic carbocycles. The molecule has 0 aliphatic rings. The van der Waals surface area contributed by atoms with Crippen LogP contribution in [0.25, 0.3) is 0 Å². The number of benzene rings is 1. The normalized spacial score (nSPS) is 11.3. The van der Waals surface area contributed by atoms with Crippen molar-refractivity contribution in [3.8, 4) is 5.75 Å². The second kappa shape index (κ2) is 6.58. The van der Waals surface area contributed by atoms with E-state index in [1.807, 2.05) is 12.1 Å². The van der Waals surface area contributed by atoms with Crippen LogP contribution in [-0.2, 0) is 16.3 Å². The van der Waals surface area contributed by atoms with Crippen molar-refractivity contribution in [1.29, 1.82) is 0 Å². The number of sulfone groups is 1. The average Bonchev–Trinajstić information content (AvgIpc) is 2.45. The Morgan fingerprint density at radius 3 is 2.57 bits per heavy atom. The van der Waals surface area contributed by atoms with Gasteiger partial charge in [0, 0.05) is 18.6 Å². The van der Waals surface area contributed by atoms with Gasteiger partial charge in [-0.15, -0.1) is 0 Å². The molecular weight excluding hydrogens is 288 g/mol. The maximum atomic E-state index is 11.6.